The van der Waals surface area contributed by atoms with Gasteiger partial charge in [0.05, 0.1) is 6.61 Å². The Hall–Kier alpha value is -0.740. The zero-order valence-electron chi connectivity index (χ0n) is 11.3. The Kier molecular flexibility index (Phi) is 3.06. The molecule has 0 radical (unpaired) electrons. The number of hydrogen-bond acceptors (Lipinski definition) is 3. The summed E-state index contributed by atoms with van der Waals surface area (Å²) < 4.78 is 13.1. The molecule has 0 atom stereocenters. The Morgan fingerprint density at radius 2 is 1.79 bits per heavy atom. The van der Waals surface area contributed by atoms with Crippen molar-refractivity contribution in [3.63, 3.8) is 0 Å². The second-order valence-corrected chi connectivity index (χ2v) is 7.00. The second-order valence-electron chi connectivity index (χ2n) is 6.14. The molecule has 1 aromatic carbocycles. The fourth-order valence-corrected chi connectivity index (χ4v) is 3.70. The average molecular weight is 327 g/mol. The van der Waals surface area contributed by atoms with Gasteiger partial charge in [-0.1, -0.05) is 29.8 Å². The summed E-state index contributed by atoms with van der Waals surface area (Å²) in [6.07, 6.45) is 4.23. The molecule has 1 saturated carbocycles. The van der Waals surface area contributed by atoms with E-state index >= 15 is 0 Å². The lowest BCUT2D eigenvalue weighted by Crippen LogP contribution is -2.34. The van der Waals surface area contributed by atoms with E-state index in [1.54, 1.807) is 0 Å². The van der Waals surface area contributed by atoms with Gasteiger partial charge in [-0.3, -0.25) is 0 Å². The molecule has 1 aliphatic carbocycles. The molecule has 4 heteroatoms. The van der Waals surface area contributed by atoms with E-state index in [9.17, 15) is 5.11 Å². The lowest BCUT2D eigenvalue weighted by Gasteiger charge is -2.24. The minimum Gasteiger partial charge on any atom is -0.448 e. The highest BCUT2D eigenvalue weighted by molar-refractivity contribution is 9.10. The van der Waals surface area contributed by atoms with Crippen molar-refractivity contribution in [1.29, 1.82) is 0 Å². The molecule has 104 valence electrons. The Balaban J connectivity index is 1.98. The van der Waals surface area contributed by atoms with E-state index < -0.39 is 5.79 Å². The maximum atomic E-state index is 9.53. The van der Waals surface area contributed by atoms with Gasteiger partial charge in [-0.15, -0.1) is 0 Å². The quantitative estimate of drug-likeness (QED) is 0.899. The van der Waals surface area contributed by atoms with Crippen molar-refractivity contribution in [3.05, 3.63) is 22.2 Å². The molecule has 1 heterocycles. The predicted octanol–water partition coefficient (Wildman–Crippen LogP) is 3.76. The van der Waals surface area contributed by atoms with Crippen molar-refractivity contribution in [2.75, 3.05) is 6.61 Å². The Morgan fingerprint density at radius 1 is 1.21 bits per heavy atom. The van der Waals surface area contributed by atoms with Gasteiger partial charge >= 0.3 is 0 Å². The van der Waals surface area contributed by atoms with E-state index in [4.69, 9.17) is 9.47 Å². The zero-order valence-corrected chi connectivity index (χ0v) is 12.9. The van der Waals surface area contributed by atoms with Crippen LogP contribution in [0.4, 0.5) is 0 Å². The van der Waals surface area contributed by atoms with Gasteiger partial charge in [-0.2, -0.15) is 0 Å². The first kappa shape index (κ1) is 13.3. The molecule has 0 aromatic heterocycles. The normalized spacial score (nSPS) is 20.2. The van der Waals surface area contributed by atoms with Crippen molar-refractivity contribution in [2.24, 2.45) is 0 Å². The fourth-order valence-electron chi connectivity index (χ4n) is 2.84. The van der Waals surface area contributed by atoms with E-state index in [-0.39, 0.29) is 12.0 Å². The lowest BCUT2D eigenvalue weighted by molar-refractivity contribution is -0.0716. The summed E-state index contributed by atoms with van der Waals surface area (Å²) in [6, 6.07) is 3.97. The summed E-state index contributed by atoms with van der Waals surface area (Å²) in [5.74, 6) is 1.19. The van der Waals surface area contributed by atoms with E-state index in [0.29, 0.717) is 0 Å². The van der Waals surface area contributed by atoms with Crippen LogP contribution in [-0.2, 0) is 5.41 Å². The standard InChI is InChI=1S/C15H19BrO3/c1-14(2,9-17)10-7-12-13(8-11(10)16)19-15(18-12)5-3-4-6-15/h7-8,17H,3-6,9H2,1-2H3. The van der Waals surface area contributed by atoms with Gasteiger partial charge in [0.2, 0.25) is 0 Å². The van der Waals surface area contributed by atoms with Crippen LogP contribution in [0.3, 0.4) is 0 Å². The lowest BCUT2D eigenvalue weighted by atomic mass is 9.85. The van der Waals surface area contributed by atoms with Gasteiger partial charge < -0.3 is 14.6 Å². The van der Waals surface area contributed by atoms with Crippen molar-refractivity contribution < 1.29 is 14.6 Å². The van der Waals surface area contributed by atoms with Crippen LogP contribution >= 0.6 is 15.9 Å². The Labute approximate surface area is 122 Å². The molecule has 2 aliphatic rings. The first-order valence-electron chi connectivity index (χ1n) is 6.79. The third-order valence-electron chi connectivity index (χ3n) is 4.12. The number of aliphatic hydroxyl groups is 1. The molecule has 3 nitrogen and oxygen atoms in total. The van der Waals surface area contributed by atoms with E-state index in [1.165, 1.54) is 0 Å². The molecular weight excluding hydrogens is 308 g/mol. The molecule has 0 amide bonds. The van der Waals surface area contributed by atoms with Gasteiger partial charge in [0.1, 0.15) is 0 Å². The maximum Gasteiger partial charge on any atom is 0.251 e. The van der Waals surface area contributed by atoms with Crippen LogP contribution in [0.1, 0.15) is 45.1 Å². The monoisotopic (exact) mass is 326 g/mol. The summed E-state index contributed by atoms with van der Waals surface area (Å²) in [4.78, 5) is 0. The molecule has 1 aromatic rings. The van der Waals surface area contributed by atoms with Gasteiger partial charge in [0.25, 0.3) is 5.79 Å². The van der Waals surface area contributed by atoms with Crippen molar-refractivity contribution in [3.8, 4) is 11.5 Å². The van der Waals surface area contributed by atoms with Gasteiger partial charge in [0, 0.05) is 22.7 Å². The molecule has 1 spiro atoms. The minimum atomic E-state index is -0.427. The van der Waals surface area contributed by atoms with E-state index in [1.807, 2.05) is 26.0 Å². The van der Waals surface area contributed by atoms with Crippen molar-refractivity contribution >= 4 is 15.9 Å². The Morgan fingerprint density at radius 3 is 2.37 bits per heavy atom. The van der Waals surface area contributed by atoms with E-state index in [2.05, 4.69) is 15.9 Å². The SMILES string of the molecule is CC(C)(CO)c1cc2c(cc1Br)OC1(CCCC1)O2. The molecule has 19 heavy (non-hydrogen) atoms. The molecule has 0 bridgehead atoms. The molecule has 0 saturated heterocycles. The summed E-state index contributed by atoms with van der Waals surface area (Å²) in [7, 11) is 0. The first-order chi connectivity index (χ1) is 8.96. The third-order valence-corrected chi connectivity index (χ3v) is 4.77. The van der Waals surface area contributed by atoms with E-state index in [0.717, 1.165) is 47.2 Å². The van der Waals surface area contributed by atoms with Crippen molar-refractivity contribution in [2.45, 2.75) is 50.7 Å². The highest BCUT2D eigenvalue weighted by atomic mass is 79.9. The summed E-state index contributed by atoms with van der Waals surface area (Å²) in [5.41, 5.74) is 0.746. The summed E-state index contributed by atoms with van der Waals surface area (Å²) >= 11 is 3.58. The number of fused-ring (bicyclic) bond motifs is 1. The highest BCUT2D eigenvalue weighted by Gasteiger charge is 2.44. The average Bonchev–Trinajstić information content (AvgIpc) is 2.95. The Bertz CT molecular complexity index is 504. The predicted molar refractivity (Wildman–Crippen MR) is 76.7 cm³/mol. The largest absolute Gasteiger partial charge is 0.448 e. The van der Waals surface area contributed by atoms with Gasteiger partial charge in [-0.05, 0) is 30.5 Å². The zero-order chi connectivity index (χ0) is 13.7. The summed E-state index contributed by atoms with van der Waals surface area (Å²) in [5, 5.41) is 9.53. The van der Waals surface area contributed by atoms with Crippen LogP contribution in [0.2, 0.25) is 0 Å². The number of aliphatic hydroxyl groups excluding tert-OH is 1. The van der Waals surface area contributed by atoms with Crippen LogP contribution in [0.5, 0.6) is 11.5 Å². The first-order valence-corrected chi connectivity index (χ1v) is 7.58. The molecular formula is C15H19BrO3. The third kappa shape index (κ3) is 2.15. The van der Waals surface area contributed by atoms with Crippen LogP contribution in [-0.4, -0.2) is 17.5 Å². The van der Waals surface area contributed by atoms with Crippen LogP contribution in [0, 0.1) is 0 Å². The van der Waals surface area contributed by atoms with Gasteiger partial charge in [-0.25, -0.2) is 0 Å². The molecule has 0 unspecified atom stereocenters. The number of hydrogen-bond donors (Lipinski definition) is 1. The molecule has 3 rings (SSSR count). The fraction of sp³-hybridized carbons (Fsp3) is 0.600. The minimum absolute atomic E-state index is 0.0936. The number of halogens is 1. The van der Waals surface area contributed by atoms with Crippen LogP contribution in [0.25, 0.3) is 0 Å². The summed E-state index contributed by atoms with van der Waals surface area (Å²) in [6.45, 7) is 4.12. The van der Waals surface area contributed by atoms with Crippen molar-refractivity contribution in [1.82, 2.24) is 0 Å². The number of benzene rings is 1. The molecule has 1 N–H and O–H groups in total. The van der Waals surface area contributed by atoms with Crippen LogP contribution in [0.15, 0.2) is 16.6 Å². The van der Waals surface area contributed by atoms with Crippen LogP contribution < -0.4 is 9.47 Å². The highest BCUT2D eigenvalue weighted by Crippen LogP contribution is 2.49. The topological polar surface area (TPSA) is 38.7 Å². The van der Waals surface area contributed by atoms with Gasteiger partial charge in [0.15, 0.2) is 11.5 Å². The smallest absolute Gasteiger partial charge is 0.251 e. The molecule has 1 aliphatic heterocycles. The number of ether oxygens (including phenoxy) is 2. The molecule has 1 fully saturated rings. The maximum absolute atomic E-state index is 9.53. The second kappa shape index (κ2) is 4.38. The number of rotatable bonds is 2.